The smallest absolute Gasteiger partial charge is 0.344 e. The fraction of sp³-hybridized carbons (Fsp3) is 0.133. The second kappa shape index (κ2) is 5.32. The minimum Gasteiger partial charge on any atom is -0.462 e. The molecule has 0 aliphatic rings. The lowest BCUT2D eigenvalue weighted by atomic mass is 10.1. The van der Waals surface area contributed by atoms with Gasteiger partial charge in [-0.3, -0.25) is 0 Å². The predicted octanol–water partition coefficient (Wildman–Crippen LogP) is 2.71. The Balaban J connectivity index is 2.29. The summed E-state index contributed by atoms with van der Waals surface area (Å²) >= 11 is 0. The molecule has 0 aliphatic heterocycles. The van der Waals surface area contributed by atoms with E-state index in [2.05, 4.69) is 10.1 Å². The van der Waals surface area contributed by atoms with Crippen LogP contribution in [-0.4, -0.2) is 27.2 Å². The number of aromatic nitrogens is 3. The fourth-order valence-corrected chi connectivity index (χ4v) is 2.12. The summed E-state index contributed by atoms with van der Waals surface area (Å²) in [4.78, 5) is 16.3. The molecule has 0 spiro atoms. The molecule has 0 saturated heterocycles. The number of fused-ring (bicyclic) bond motifs is 1. The second-order valence-corrected chi connectivity index (χ2v) is 4.31. The molecule has 0 bridgehead atoms. The average molecular weight is 285 g/mol. The summed E-state index contributed by atoms with van der Waals surface area (Å²) in [5.41, 5.74) is 0.980. The number of carbonyl (C=O) groups is 1. The van der Waals surface area contributed by atoms with Gasteiger partial charge in [0.15, 0.2) is 5.65 Å². The van der Waals surface area contributed by atoms with E-state index in [0.717, 1.165) is 0 Å². The number of hydrogen-bond acceptors (Lipinski definition) is 4. The second-order valence-electron chi connectivity index (χ2n) is 4.31. The third kappa shape index (κ3) is 2.24. The molecule has 2 heterocycles. The van der Waals surface area contributed by atoms with Crippen LogP contribution in [0.1, 0.15) is 17.3 Å². The summed E-state index contributed by atoms with van der Waals surface area (Å²) in [6.45, 7) is 1.93. The van der Waals surface area contributed by atoms with Crippen molar-refractivity contribution in [3.8, 4) is 11.3 Å². The monoisotopic (exact) mass is 285 g/mol. The molecule has 1 aromatic carbocycles. The molecular weight excluding hydrogens is 273 g/mol. The standard InChI is InChI=1S/C15H12FN3O2/c1-2-21-15(20)12-13(10-6-3-4-7-11(10)16)18-19-9-5-8-17-14(12)19/h3-9H,2H2,1H3. The zero-order chi connectivity index (χ0) is 14.8. The SMILES string of the molecule is CCOC(=O)c1c(-c2ccccc2F)nn2cccnc12. The Morgan fingerprint density at radius 3 is 2.90 bits per heavy atom. The third-order valence-electron chi connectivity index (χ3n) is 3.00. The molecule has 21 heavy (non-hydrogen) atoms. The van der Waals surface area contributed by atoms with Crippen LogP contribution in [0.3, 0.4) is 0 Å². The fourth-order valence-electron chi connectivity index (χ4n) is 2.12. The molecule has 0 radical (unpaired) electrons. The largest absolute Gasteiger partial charge is 0.462 e. The number of rotatable bonds is 3. The lowest BCUT2D eigenvalue weighted by Gasteiger charge is -2.03. The maximum atomic E-state index is 14.0. The summed E-state index contributed by atoms with van der Waals surface area (Å²) in [6.07, 6.45) is 3.19. The number of esters is 1. The summed E-state index contributed by atoms with van der Waals surface area (Å²) in [5, 5.41) is 4.26. The molecule has 0 saturated carbocycles. The van der Waals surface area contributed by atoms with E-state index in [1.165, 1.54) is 10.6 Å². The van der Waals surface area contributed by atoms with Crippen LogP contribution in [0.25, 0.3) is 16.9 Å². The quantitative estimate of drug-likeness (QED) is 0.694. The Morgan fingerprint density at radius 2 is 2.14 bits per heavy atom. The first-order valence-corrected chi connectivity index (χ1v) is 6.47. The van der Waals surface area contributed by atoms with Gasteiger partial charge in [-0.15, -0.1) is 0 Å². The zero-order valence-corrected chi connectivity index (χ0v) is 11.3. The van der Waals surface area contributed by atoms with Crippen LogP contribution in [0.4, 0.5) is 4.39 Å². The topological polar surface area (TPSA) is 56.5 Å². The first-order valence-electron chi connectivity index (χ1n) is 6.47. The van der Waals surface area contributed by atoms with E-state index in [1.54, 1.807) is 43.6 Å². The van der Waals surface area contributed by atoms with Gasteiger partial charge in [0, 0.05) is 18.0 Å². The molecule has 3 aromatic rings. The van der Waals surface area contributed by atoms with Gasteiger partial charge in [-0.1, -0.05) is 12.1 Å². The molecule has 0 N–H and O–H groups in total. The van der Waals surface area contributed by atoms with E-state index < -0.39 is 11.8 Å². The molecule has 6 heteroatoms. The van der Waals surface area contributed by atoms with Crippen molar-refractivity contribution in [3.63, 3.8) is 0 Å². The van der Waals surface area contributed by atoms with Crippen molar-refractivity contribution in [1.29, 1.82) is 0 Å². The van der Waals surface area contributed by atoms with Crippen molar-refractivity contribution in [3.05, 3.63) is 54.1 Å². The highest BCUT2D eigenvalue weighted by Gasteiger charge is 2.24. The summed E-state index contributed by atoms with van der Waals surface area (Å²) in [7, 11) is 0. The van der Waals surface area contributed by atoms with Crippen molar-refractivity contribution in [1.82, 2.24) is 14.6 Å². The van der Waals surface area contributed by atoms with Crippen LogP contribution in [0.2, 0.25) is 0 Å². The summed E-state index contributed by atoms with van der Waals surface area (Å²) < 4.78 is 20.5. The van der Waals surface area contributed by atoms with E-state index in [0.29, 0.717) is 5.65 Å². The molecule has 0 amide bonds. The van der Waals surface area contributed by atoms with Gasteiger partial charge in [0.05, 0.1) is 6.61 Å². The highest BCUT2D eigenvalue weighted by atomic mass is 19.1. The molecule has 0 aliphatic carbocycles. The summed E-state index contributed by atoms with van der Waals surface area (Å²) in [5.74, 6) is -1.02. The van der Waals surface area contributed by atoms with Crippen molar-refractivity contribution >= 4 is 11.6 Å². The van der Waals surface area contributed by atoms with Gasteiger partial charge in [0.2, 0.25) is 0 Å². The molecule has 5 nitrogen and oxygen atoms in total. The average Bonchev–Trinajstić information content (AvgIpc) is 2.87. The highest BCUT2D eigenvalue weighted by Crippen LogP contribution is 2.27. The maximum Gasteiger partial charge on any atom is 0.344 e. The lowest BCUT2D eigenvalue weighted by molar-refractivity contribution is 0.0529. The Bertz CT molecular complexity index is 814. The third-order valence-corrected chi connectivity index (χ3v) is 3.00. The Kier molecular flexibility index (Phi) is 3.35. The molecular formula is C15H12FN3O2. The molecule has 2 aromatic heterocycles. The van der Waals surface area contributed by atoms with Crippen LogP contribution >= 0.6 is 0 Å². The van der Waals surface area contributed by atoms with Crippen LogP contribution in [0.5, 0.6) is 0 Å². The van der Waals surface area contributed by atoms with E-state index in [4.69, 9.17) is 4.74 Å². The molecule has 0 atom stereocenters. The predicted molar refractivity (Wildman–Crippen MR) is 74.3 cm³/mol. The van der Waals surface area contributed by atoms with Crippen molar-refractivity contribution < 1.29 is 13.9 Å². The lowest BCUT2D eigenvalue weighted by Crippen LogP contribution is -2.06. The number of carbonyl (C=O) groups excluding carboxylic acids is 1. The molecule has 0 fully saturated rings. The minimum atomic E-state index is -0.565. The van der Waals surface area contributed by atoms with Crippen molar-refractivity contribution in [2.45, 2.75) is 6.92 Å². The van der Waals surface area contributed by atoms with Crippen LogP contribution < -0.4 is 0 Å². The number of benzene rings is 1. The summed E-state index contributed by atoms with van der Waals surface area (Å²) in [6, 6.07) is 7.84. The normalized spacial score (nSPS) is 10.8. The zero-order valence-electron chi connectivity index (χ0n) is 11.3. The van der Waals surface area contributed by atoms with Gasteiger partial charge in [0.1, 0.15) is 17.1 Å². The van der Waals surface area contributed by atoms with Crippen molar-refractivity contribution in [2.75, 3.05) is 6.61 Å². The Hall–Kier alpha value is -2.76. The molecule has 0 unspecified atom stereocenters. The van der Waals surface area contributed by atoms with Gasteiger partial charge in [-0.2, -0.15) is 5.10 Å². The Morgan fingerprint density at radius 1 is 1.33 bits per heavy atom. The number of nitrogens with zero attached hydrogens (tertiary/aromatic N) is 3. The van der Waals surface area contributed by atoms with E-state index >= 15 is 0 Å². The highest BCUT2D eigenvalue weighted by molar-refractivity contribution is 6.02. The molecule has 3 rings (SSSR count). The van der Waals surface area contributed by atoms with Crippen LogP contribution in [0, 0.1) is 5.82 Å². The van der Waals surface area contributed by atoms with E-state index in [1.807, 2.05) is 0 Å². The van der Waals surface area contributed by atoms with Crippen molar-refractivity contribution in [2.24, 2.45) is 0 Å². The van der Waals surface area contributed by atoms with Crippen LogP contribution in [-0.2, 0) is 4.74 Å². The van der Waals surface area contributed by atoms with Crippen LogP contribution in [0.15, 0.2) is 42.7 Å². The number of hydrogen-bond donors (Lipinski definition) is 0. The first-order chi connectivity index (χ1) is 10.2. The minimum absolute atomic E-state index is 0.169. The van der Waals surface area contributed by atoms with E-state index in [9.17, 15) is 9.18 Å². The van der Waals surface area contributed by atoms with Gasteiger partial charge < -0.3 is 4.74 Å². The van der Waals surface area contributed by atoms with Gasteiger partial charge in [-0.05, 0) is 25.1 Å². The first kappa shape index (κ1) is 13.2. The van der Waals surface area contributed by atoms with Gasteiger partial charge in [-0.25, -0.2) is 18.7 Å². The number of ether oxygens (including phenoxy) is 1. The maximum absolute atomic E-state index is 14.0. The van der Waals surface area contributed by atoms with Gasteiger partial charge in [0.25, 0.3) is 0 Å². The molecule has 106 valence electrons. The Labute approximate surface area is 120 Å². The van der Waals surface area contributed by atoms with Gasteiger partial charge >= 0.3 is 5.97 Å². The number of halogens is 1. The van der Waals surface area contributed by atoms with E-state index in [-0.39, 0.29) is 23.4 Å².